The van der Waals surface area contributed by atoms with Crippen LogP contribution in [0.2, 0.25) is 0 Å². The number of aliphatic hydroxyl groups is 1. The fourth-order valence-electron chi connectivity index (χ4n) is 3.27. The zero-order valence-electron chi connectivity index (χ0n) is 19.5. The highest BCUT2D eigenvalue weighted by Crippen LogP contribution is 2.30. The molecular weight excluding hydrogens is 409 g/mol. The van der Waals surface area contributed by atoms with Crippen LogP contribution in [0.25, 0.3) is 0 Å². The first-order valence-electron chi connectivity index (χ1n) is 11.2. The number of aliphatic carboxylic acids is 1. The fraction of sp³-hybridized carbons (Fsp3) is 0.952. The predicted molar refractivity (Wildman–Crippen MR) is 119 cm³/mol. The first kappa shape index (κ1) is 31.7. The van der Waals surface area contributed by atoms with Gasteiger partial charge in [0.15, 0.2) is 6.29 Å². The van der Waals surface area contributed by atoms with Crippen LogP contribution in [0, 0.1) is 0 Å². The molecule has 9 heteroatoms. The number of quaternary nitrogens is 1. The summed E-state index contributed by atoms with van der Waals surface area (Å²) in [6.07, 6.45) is 11.7. The van der Waals surface area contributed by atoms with E-state index >= 15 is 0 Å². The van der Waals surface area contributed by atoms with Crippen molar-refractivity contribution in [1.29, 1.82) is 0 Å². The lowest BCUT2D eigenvalue weighted by molar-refractivity contribution is -0.873. The lowest BCUT2D eigenvalue weighted by atomic mass is 10.1. The van der Waals surface area contributed by atoms with E-state index in [2.05, 4.69) is 6.92 Å². The van der Waals surface area contributed by atoms with E-state index in [-0.39, 0.29) is 11.9 Å². The van der Waals surface area contributed by atoms with Crippen LogP contribution in [0.15, 0.2) is 0 Å². The molecular formula is C21H46NO7P. The number of likely N-dealkylation sites (N-methyl/N-ethyl adjacent to an activating group) is 1. The largest absolute Gasteiger partial charge is 0.870 e. The number of aliphatic hydroxyl groups excluding tert-OH is 1. The number of hydrogen-bond acceptors (Lipinski definition) is 6. The van der Waals surface area contributed by atoms with Gasteiger partial charge in [0.2, 0.25) is 0 Å². The Balaban J connectivity index is 0. The molecule has 8 nitrogen and oxygen atoms in total. The zero-order chi connectivity index (χ0) is 22.1. The molecule has 0 saturated heterocycles. The Labute approximate surface area is 183 Å². The van der Waals surface area contributed by atoms with E-state index < -0.39 is 26.6 Å². The van der Waals surface area contributed by atoms with Crippen LogP contribution in [0.3, 0.4) is 0 Å². The molecule has 0 aliphatic carbocycles. The first-order valence-corrected chi connectivity index (χ1v) is 12.4. The first-order chi connectivity index (χ1) is 13.6. The molecule has 0 spiro atoms. The van der Waals surface area contributed by atoms with Gasteiger partial charge in [0.05, 0.1) is 27.6 Å². The van der Waals surface area contributed by atoms with Gasteiger partial charge in [-0.05, 0) is 12.8 Å². The van der Waals surface area contributed by atoms with E-state index in [9.17, 15) is 14.5 Å². The molecule has 0 aromatic rings. The van der Waals surface area contributed by atoms with Gasteiger partial charge in [0.1, 0.15) is 12.6 Å². The van der Waals surface area contributed by atoms with Gasteiger partial charge in [0, 0.05) is 0 Å². The van der Waals surface area contributed by atoms with Crippen LogP contribution < -0.4 is 0 Å². The molecule has 0 heterocycles. The lowest BCUT2D eigenvalue weighted by Crippen LogP contribution is -2.42. The summed E-state index contributed by atoms with van der Waals surface area (Å²) in [5.74, 6) is -1.01. The standard InChI is InChI=1S/C21H44NO6P.H2O/c1-5-6-7-8-9-10-11-12-13-14-15-16-21(25)28-29(26)27-19(17-20(23)24)18-22(2,3)4;/h19,21,25,29H,5-18H2,1-4H3;1H2/t19?,21-;/m1./s1. The molecule has 182 valence electrons. The van der Waals surface area contributed by atoms with E-state index in [1.54, 1.807) is 0 Å². The molecule has 0 aliphatic rings. The maximum Gasteiger partial charge on any atom is 0.321 e. The van der Waals surface area contributed by atoms with Crippen molar-refractivity contribution in [2.45, 2.75) is 103 Å². The molecule has 0 fully saturated rings. The average Bonchev–Trinajstić information content (AvgIpc) is 2.57. The minimum Gasteiger partial charge on any atom is -0.870 e. The summed E-state index contributed by atoms with van der Waals surface area (Å²) in [7, 11) is 2.76. The van der Waals surface area contributed by atoms with E-state index in [1.165, 1.54) is 51.4 Å². The maximum atomic E-state index is 12.0. The van der Waals surface area contributed by atoms with Gasteiger partial charge in [-0.25, -0.2) is 0 Å². The van der Waals surface area contributed by atoms with Crippen molar-refractivity contribution in [2.24, 2.45) is 0 Å². The van der Waals surface area contributed by atoms with Crippen molar-refractivity contribution in [3.8, 4) is 0 Å². The molecule has 3 N–H and O–H groups in total. The van der Waals surface area contributed by atoms with Crippen molar-refractivity contribution < 1.29 is 38.6 Å². The summed E-state index contributed by atoms with van der Waals surface area (Å²) in [5.41, 5.74) is 0. The third-order valence-corrected chi connectivity index (χ3v) is 5.69. The number of carbonyl (C=O) groups is 1. The molecule has 0 saturated carbocycles. The van der Waals surface area contributed by atoms with Crippen molar-refractivity contribution in [1.82, 2.24) is 0 Å². The van der Waals surface area contributed by atoms with E-state index in [1.807, 2.05) is 21.1 Å². The van der Waals surface area contributed by atoms with Crippen LogP contribution in [0.5, 0.6) is 0 Å². The Kier molecular flexibility index (Phi) is 20.3. The SMILES string of the molecule is CCCCCCCCCCCCC[C@H](O)O[PH](=O)OC(CC(=O)O)C[N+](C)(C)C.[OH-]. The number of nitrogens with zero attached hydrogens (tertiary/aromatic N) is 1. The van der Waals surface area contributed by atoms with E-state index in [4.69, 9.17) is 14.2 Å². The summed E-state index contributed by atoms with van der Waals surface area (Å²) in [6, 6.07) is 0. The topological polar surface area (TPSA) is 123 Å². The number of rotatable bonds is 20. The lowest BCUT2D eigenvalue weighted by Gasteiger charge is -2.28. The molecule has 3 atom stereocenters. The van der Waals surface area contributed by atoms with Gasteiger partial charge in [0.25, 0.3) is 0 Å². The third-order valence-electron chi connectivity index (χ3n) is 4.70. The quantitative estimate of drug-likeness (QED) is 0.117. The van der Waals surface area contributed by atoms with Gasteiger partial charge in [-0.2, -0.15) is 0 Å². The molecule has 0 radical (unpaired) electrons. The summed E-state index contributed by atoms with van der Waals surface area (Å²) in [4.78, 5) is 11.0. The summed E-state index contributed by atoms with van der Waals surface area (Å²) in [5, 5.41) is 18.9. The monoisotopic (exact) mass is 455 g/mol. The van der Waals surface area contributed by atoms with Gasteiger partial charge in [-0.3, -0.25) is 13.9 Å². The number of carboxylic acid groups (broad SMARTS) is 1. The van der Waals surface area contributed by atoms with Crippen molar-refractivity contribution in [2.75, 3.05) is 27.7 Å². The average molecular weight is 456 g/mol. The van der Waals surface area contributed by atoms with Crippen LogP contribution >= 0.6 is 8.25 Å². The van der Waals surface area contributed by atoms with Crippen molar-refractivity contribution in [3.05, 3.63) is 0 Å². The summed E-state index contributed by atoms with van der Waals surface area (Å²) in [6.45, 7) is 2.62. The maximum absolute atomic E-state index is 12.0. The van der Waals surface area contributed by atoms with E-state index in [0.29, 0.717) is 17.4 Å². The van der Waals surface area contributed by atoms with Gasteiger partial charge < -0.3 is 24.7 Å². The molecule has 0 bridgehead atoms. The normalized spacial score (nSPS) is 14.7. The Hall–Kier alpha value is -0.500. The highest BCUT2D eigenvalue weighted by Gasteiger charge is 2.24. The second kappa shape index (κ2) is 19.2. The van der Waals surface area contributed by atoms with E-state index in [0.717, 1.165) is 19.3 Å². The second-order valence-electron chi connectivity index (χ2n) is 8.96. The number of unbranched alkanes of at least 4 members (excludes halogenated alkanes) is 10. The third kappa shape index (κ3) is 22.2. The highest BCUT2D eigenvalue weighted by atomic mass is 31.1. The minimum atomic E-state index is -2.94. The molecule has 0 aliphatic heterocycles. The van der Waals surface area contributed by atoms with Crippen LogP contribution in [0.1, 0.15) is 90.4 Å². The van der Waals surface area contributed by atoms with Gasteiger partial charge >= 0.3 is 14.2 Å². The number of carboxylic acids is 1. The zero-order valence-corrected chi connectivity index (χ0v) is 20.5. The predicted octanol–water partition coefficient (Wildman–Crippen LogP) is 4.80. The molecule has 30 heavy (non-hydrogen) atoms. The van der Waals surface area contributed by atoms with Crippen LogP contribution in [-0.2, 0) is 18.4 Å². The molecule has 0 aromatic carbocycles. The number of hydrogen-bond donors (Lipinski definition) is 2. The summed E-state index contributed by atoms with van der Waals surface area (Å²) < 4.78 is 22.8. The van der Waals surface area contributed by atoms with Crippen molar-refractivity contribution >= 4 is 14.2 Å². The van der Waals surface area contributed by atoms with Gasteiger partial charge in [-0.15, -0.1) is 0 Å². The smallest absolute Gasteiger partial charge is 0.321 e. The Bertz CT molecular complexity index is 444. The van der Waals surface area contributed by atoms with Crippen LogP contribution in [0.4, 0.5) is 0 Å². The van der Waals surface area contributed by atoms with Gasteiger partial charge in [-0.1, -0.05) is 71.1 Å². The highest BCUT2D eigenvalue weighted by molar-refractivity contribution is 7.33. The Morgan fingerprint density at radius 3 is 1.80 bits per heavy atom. The van der Waals surface area contributed by atoms with Crippen LogP contribution in [-0.4, -0.2) is 66.2 Å². The molecule has 0 aromatic heterocycles. The Morgan fingerprint density at radius 2 is 1.37 bits per heavy atom. The summed E-state index contributed by atoms with van der Waals surface area (Å²) >= 11 is 0. The molecule has 0 rings (SSSR count). The van der Waals surface area contributed by atoms with Crippen molar-refractivity contribution in [3.63, 3.8) is 0 Å². The molecule has 2 unspecified atom stereocenters. The second-order valence-corrected chi connectivity index (χ2v) is 9.93. The Morgan fingerprint density at radius 1 is 0.900 bits per heavy atom. The fourth-order valence-corrected chi connectivity index (χ4v) is 4.09. The molecule has 0 amide bonds. The minimum absolute atomic E-state index is 0.